The fourth-order valence-corrected chi connectivity index (χ4v) is 1.30. The van der Waals surface area contributed by atoms with E-state index in [0.717, 1.165) is 4.47 Å². The van der Waals surface area contributed by atoms with E-state index in [9.17, 15) is 8.76 Å². The highest BCUT2D eigenvalue weighted by atomic mass is 79.9. The van der Waals surface area contributed by atoms with Gasteiger partial charge in [-0.1, -0.05) is 0 Å². The third-order valence-electron chi connectivity index (χ3n) is 1.08. The number of pyridine rings is 1. The summed E-state index contributed by atoms with van der Waals surface area (Å²) < 4.78 is 25.1. The van der Waals surface area contributed by atoms with Gasteiger partial charge in [-0.15, -0.1) is 0 Å². The van der Waals surface area contributed by atoms with Gasteiger partial charge in [0.25, 0.3) is 0 Å². The van der Waals surface area contributed by atoms with Gasteiger partial charge in [-0.2, -0.15) is 0 Å². The number of hydrogen-bond donors (Lipinski definition) is 0. The molecule has 0 amide bonds. The molecule has 0 aromatic carbocycles. The lowest BCUT2D eigenvalue weighted by atomic mass is 10.3. The standard InChI is InChI=1S/C6H6BrNO3S/c7-6-1-5(2-8-3-6)4-11-12(9)10/h1-3H,4H2,(H,9,10)/p-1. The van der Waals surface area contributed by atoms with Crippen LogP contribution < -0.4 is 0 Å². The first-order valence-electron chi connectivity index (χ1n) is 3.00. The van der Waals surface area contributed by atoms with Crippen molar-refractivity contribution in [2.75, 3.05) is 0 Å². The molecule has 1 rings (SSSR count). The summed E-state index contributed by atoms with van der Waals surface area (Å²) in [5.41, 5.74) is 0.702. The quantitative estimate of drug-likeness (QED) is 0.756. The largest absolute Gasteiger partial charge is 0.750 e. The van der Waals surface area contributed by atoms with Gasteiger partial charge >= 0.3 is 0 Å². The van der Waals surface area contributed by atoms with E-state index in [4.69, 9.17) is 0 Å². The minimum absolute atomic E-state index is 0.0164. The average molecular weight is 251 g/mol. The van der Waals surface area contributed by atoms with Gasteiger partial charge in [0.2, 0.25) is 0 Å². The molecule has 0 fully saturated rings. The fraction of sp³-hybridized carbons (Fsp3) is 0.167. The lowest BCUT2D eigenvalue weighted by Gasteiger charge is -2.04. The average Bonchev–Trinajstić information content (AvgIpc) is 2.01. The highest BCUT2D eigenvalue weighted by Crippen LogP contribution is 2.10. The Balaban J connectivity index is 2.57. The van der Waals surface area contributed by atoms with Gasteiger partial charge < -0.3 is 4.55 Å². The van der Waals surface area contributed by atoms with Crippen molar-refractivity contribution in [1.82, 2.24) is 4.98 Å². The van der Waals surface area contributed by atoms with Crippen LogP contribution in [0.4, 0.5) is 0 Å². The van der Waals surface area contributed by atoms with E-state index in [1.54, 1.807) is 12.3 Å². The third kappa shape index (κ3) is 3.40. The molecule has 66 valence electrons. The zero-order valence-corrected chi connectivity index (χ0v) is 8.30. The van der Waals surface area contributed by atoms with Crippen LogP contribution in [0.25, 0.3) is 0 Å². The molecule has 0 bridgehead atoms. The van der Waals surface area contributed by atoms with Crippen molar-refractivity contribution in [3.63, 3.8) is 0 Å². The summed E-state index contributed by atoms with van der Waals surface area (Å²) in [4.78, 5) is 3.83. The molecule has 1 aromatic heterocycles. The van der Waals surface area contributed by atoms with Gasteiger partial charge in [-0.05, 0) is 27.6 Å². The van der Waals surface area contributed by atoms with Crippen LogP contribution in [0.1, 0.15) is 5.56 Å². The van der Waals surface area contributed by atoms with Gasteiger partial charge in [0, 0.05) is 16.9 Å². The Kier molecular flexibility index (Phi) is 3.80. The summed E-state index contributed by atoms with van der Waals surface area (Å²) in [6.45, 7) is 0.0164. The van der Waals surface area contributed by atoms with Crippen molar-refractivity contribution in [3.8, 4) is 0 Å². The maximum atomic E-state index is 10.0. The van der Waals surface area contributed by atoms with Crippen LogP contribution in [0.5, 0.6) is 0 Å². The molecule has 0 N–H and O–H groups in total. The Hall–Kier alpha value is -0.300. The van der Waals surface area contributed by atoms with E-state index in [-0.39, 0.29) is 6.61 Å². The van der Waals surface area contributed by atoms with Crippen molar-refractivity contribution in [3.05, 3.63) is 28.5 Å². The zero-order valence-electron chi connectivity index (χ0n) is 5.90. The molecule has 1 heterocycles. The molecular formula is C6H5BrNO3S-. The molecule has 0 aliphatic heterocycles. The van der Waals surface area contributed by atoms with Gasteiger partial charge in [0.1, 0.15) is 0 Å². The molecule has 0 radical (unpaired) electrons. The summed E-state index contributed by atoms with van der Waals surface area (Å²) in [5.74, 6) is 0. The van der Waals surface area contributed by atoms with Crippen LogP contribution in [-0.4, -0.2) is 13.7 Å². The van der Waals surface area contributed by atoms with Crippen molar-refractivity contribution in [1.29, 1.82) is 0 Å². The van der Waals surface area contributed by atoms with Crippen LogP contribution in [0.15, 0.2) is 22.9 Å². The molecule has 1 atom stereocenters. The normalized spacial score (nSPS) is 12.8. The number of halogens is 1. The predicted octanol–water partition coefficient (Wildman–Crippen LogP) is 1.15. The molecule has 1 unspecified atom stereocenters. The van der Waals surface area contributed by atoms with E-state index in [1.807, 2.05) is 0 Å². The second kappa shape index (κ2) is 4.66. The van der Waals surface area contributed by atoms with Crippen LogP contribution in [-0.2, 0) is 22.2 Å². The molecule has 0 aliphatic rings. The molecule has 0 saturated carbocycles. The first kappa shape index (κ1) is 9.79. The molecule has 12 heavy (non-hydrogen) atoms. The second-order valence-corrected chi connectivity index (χ2v) is 3.54. The highest BCUT2D eigenvalue weighted by molar-refractivity contribution is 9.10. The summed E-state index contributed by atoms with van der Waals surface area (Å²) in [7, 11) is 0. The molecule has 1 aromatic rings. The van der Waals surface area contributed by atoms with Gasteiger partial charge in [-0.3, -0.25) is 9.17 Å². The Bertz CT molecular complexity index is 294. The van der Waals surface area contributed by atoms with Crippen molar-refractivity contribution in [2.45, 2.75) is 6.61 Å². The van der Waals surface area contributed by atoms with Crippen molar-refractivity contribution < 1.29 is 12.9 Å². The van der Waals surface area contributed by atoms with E-state index >= 15 is 0 Å². The molecule has 0 saturated heterocycles. The first-order chi connectivity index (χ1) is 5.68. The van der Waals surface area contributed by atoms with Crippen LogP contribution in [0, 0.1) is 0 Å². The minimum atomic E-state index is -2.47. The SMILES string of the molecule is O=S([O-])OCc1cncc(Br)c1. The Morgan fingerprint density at radius 3 is 3.00 bits per heavy atom. The molecule has 6 heteroatoms. The first-order valence-corrected chi connectivity index (χ1v) is 4.80. The van der Waals surface area contributed by atoms with Gasteiger partial charge in [-0.25, -0.2) is 4.21 Å². The topological polar surface area (TPSA) is 62.2 Å². The minimum Gasteiger partial charge on any atom is -0.750 e. The summed E-state index contributed by atoms with van der Waals surface area (Å²) in [5, 5.41) is 0. The second-order valence-electron chi connectivity index (χ2n) is 1.98. The molecule has 4 nitrogen and oxygen atoms in total. The zero-order chi connectivity index (χ0) is 8.97. The van der Waals surface area contributed by atoms with Gasteiger partial charge in [0.15, 0.2) is 0 Å². The van der Waals surface area contributed by atoms with Crippen molar-refractivity contribution in [2.24, 2.45) is 0 Å². The van der Waals surface area contributed by atoms with Gasteiger partial charge in [0.05, 0.1) is 18.0 Å². The third-order valence-corrected chi connectivity index (χ3v) is 1.83. The van der Waals surface area contributed by atoms with Crippen LogP contribution in [0.2, 0.25) is 0 Å². The van der Waals surface area contributed by atoms with E-state index < -0.39 is 11.4 Å². The van der Waals surface area contributed by atoms with E-state index in [2.05, 4.69) is 25.1 Å². The Labute approximate surface area is 80.6 Å². The Morgan fingerprint density at radius 1 is 1.67 bits per heavy atom. The monoisotopic (exact) mass is 250 g/mol. The Morgan fingerprint density at radius 2 is 2.42 bits per heavy atom. The summed E-state index contributed by atoms with van der Waals surface area (Å²) >= 11 is 0.731. The lowest BCUT2D eigenvalue weighted by Crippen LogP contribution is -1.96. The fourth-order valence-electron chi connectivity index (χ4n) is 0.651. The highest BCUT2D eigenvalue weighted by Gasteiger charge is 1.94. The van der Waals surface area contributed by atoms with Crippen LogP contribution in [0.3, 0.4) is 0 Å². The number of hydrogen-bond acceptors (Lipinski definition) is 4. The molecular weight excluding hydrogens is 246 g/mol. The maximum absolute atomic E-state index is 10.0. The van der Waals surface area contributed by atoms with E-state index in [1.165, 1.54) is 6.20 Å². The number of nitrogens with zero attached hydrogens (tertiary/aromatic N) is 1. The summed E-state index contributed by atoms with van der Waals surface area (Å²) in [6.07, 6.45) is 3.15. The molecule has 0 spiro atoms. The lowest BCUT2D eigenvalue weighted by molar-refractivity contribution is 0.290. The number of rotatable bonds is 3. The number of aromatic nitrogens is 1. The summed E-state index contributed by atoms with van der Waals surface area (Å²) in [6, 6.07) is 1.74. The van der Waals surface area contributed by atoms with Crippen molar-refractivity contribution >= 4 is 27.3 Å². The van der Waals surface area contributed by atoms with E-state index in [0.29, 0.717) is 5.56 Å². The smallest absolute Gasteiger partial charge is 0.0894 e. The predicted molar refractivity (Wildman–Crippen MR) is 45.6 cm³/mol. The van der Waals surface area contributed by atoms with Crippen LogP contribution >= 0.6 is 15.9 Å². The molecule has 0 aliphatic carbocycles. The maximum Gasteiger partial charge on any atom is 0.0894 e.